The van der Waals surface area contributed by atoms with Crippen molar-refractivity contribution in [1.29, 1.82) is 0 Å². The smallest absolute Gasteiger partial charge is 0.120 e. The maximum absolute atomic E-state index is 6.01. The Bertz CT molecular complexity index is 615. The van der Waals surface area contributed by atoms with E-state index in [4.69, 9.17) is 4.74 Å². The Labute approximate surface area is 134 Å². The van der Waals surface area contributed by atoms with Crippen LogP contribution in [0.4, 0.5) is 0 Å². The van der Waals surface area contributed by atoms with Crippen molar-refractivity contribution in [2.45, 2.75) is 66.7 Å². The highest BCUT2D eigenvalue weighted by molar-refractivity contribution is 5.87. The lowest BCUT2D eigenvalue weighted by Crippen LogP contribution is -2.14. The molecule has 3 heteroatoms. The van der Waals surface area contributed by atoms with Crippen LogP contribution in [0, 0.1) is 6.92 Å². The third kappa shape index (κ3) is 3.46. The molecule has 1 atom stereocenters. The number of rotatable bonds is 8. The van der Waals surface area contributed by atoms with Crippen LogP contribution in [0.3, 0.4) is 0 Å². The van der Waals surface area contributed by atoms with Crippen LogP contribution in [-0.4, -0.2) is 17.2 Å². The molecule has 0 unspecified atom stereocenters. The number of hydrogen-bond acceptors (Lipinski definition) is 2. The van der Waals surface area contributed by atoms with Crippen LogP contribution in [0.1, 0.15) is 51.8 Å². The summed E-state index contributed by atoms with van der Waals surface area (Å²) in [4.78, 5) is 0. The zero-order valence-corrected chi connectivity index (χ0v) is 14.7. The van der Waals surface area contributed by atoms with Gasteiger partial charge in [-0.15, -0.1) is 0 Å². The molecule has 0 saturated heterocycles. The zero-order valence-electron chi connectivity index (χ0n) is 14.7. The van der Waals surface area contributed by atoms with Crippen molar-refractivity contribution in [1.82, 2.24) is 9.88 Å². The van der Waals surface area contributed by atoms with E-state index >= 15 is 0 Å². The Kier molecular flexibility index (Phi) is 5.90. The van der Waals surface area contributed by atoms with Gasteiger partial charge in [0.15, 0.2) is 0 Å². The topological polar surface area (TPSA) is 26.2 Å². The molecule has 3 nitrogen and oxygen atoms in total. The van der Waals surface area contributed by atoms with Gasteiger partial charge in [0.05, 0.1) is 6.10 Å². The second-order valence-electron chi connectivity index (χ2n) is 6.00. The fourth-order valence-corrected chi connectivity index (χ4v) is 2.94. The minimum absolute atomic E-state index is 0.258. The van der Waals surface area contributed by atoms with Crippen molar-refractivity contribution in [2.24, 2.45) is 0 Å². The lowest BCUT2D eigenvalue weighted by molar-refractivity contribution is 0.217. The Morgan fingerprint density at radius 3 is 2.64 bits per heavy atom. The SMILES string of the molecule is CCCNCc1c(C)n(CC)c2ccc(O[C@H](C)CC)cc12. The van der Waals surface area contributed by atoms with Crippen molar-refractivity contribution < 1.29 is 4.74 Å². The molecule has 0 spiro atoms. The maximum atomic E-state index is 6.01. The van der Waals surface area contributed by atoms with Crippen LogP contribution in [0.15, 0.2) is 18.2 Å². The summed E-state index contributed by atoms with van der Waals surface area (Å²) in [5.41, 5.74) is 4.08. The molecule has 2 aromatic rings. The molecular formula is C19H30N2O. The molecule has 1 aromatic carbocycles. The van der Waals surface area contributed by atoms with Crippen LogP contribution in [0.25, 0.3) is 10.9 Å². The van der Waals surface area contributed by atoms with Gasteiger partial charge in [-0.3, -0.25) is 0 Å². The van der Waals surface area contributed by atoms with E-state index in [2.05, 4.69) is 62.7 Å². The fraction of sp³-hybridized carbons (Fsp3) is 0.579. The number of benzene rings is 1. The largest absolute Gasteiger partial charge is 0.491 e. The van der Waals surface area contributed by atoms with Crippen molar-refractivity contribution in [3.8, 4) is 5.75 Å². The molecule has 122 valence electrons. The first-order chi connectivity index (χ1) is 10.6. The van der Waals surface area contributed by atoms with Gasteiger partial charge in [0.25, 0.3) is 0 Å². The number of nitrogens with one attached hydrogen (secondary N) is 1. The summed E-state index contributed by atoms with van der Waals surface area (Å²) in [5.74, 6) is 0.979. The van der Waals surface area contributed by atoms with Gasteiger partial charge >= 0.3 is 0 Å². The van der Waals surface area contributed by atoms with E-state index in [0.29, 0.717) is 0 Å². The van der Waals surface area contributed by atoms with E-state index in [1.165, 1.54) is 22.2 Å². The van der Waals surface area contributed by atoms with Gasteiger partial charge in [-0.1, -0.05) is 13.8 Å². The third-order valence-corrected chi connectivity index (χ3v) is 4.38. The van der Waals surface area contributed by atoms with Crippen LogP contribution in [0.2, 0.25) is 0 Å². The monoisotopic (exact) mass is 302 g/mol. The highest BCUT2D eigenvalue weighted by atomic mass is 16.5. The van der Waals surface area contributed by atoms with Gasteiger partial charge in [0, 0.05) is 29.7 Å². The zero-order chi connectivity index (χ0) is 16.1. The second-order valence-corrected chi connectivity index (χ2v) is 6.00. The lowest BCUT2D eigenvalue weighted by Gasteiger charge is -2.13. The van der Waals surface area contributed by atoms with Crippen LogP contribution >= 0.6 is 0 Å². The normalized spacial score (nSPS) is 12.8. The van der Waals surface area contributed by atoms with E-state index in [9.17, 15) is 0 Å². The standard InChI is InChI=1S/C19H30N2O/c1-6-11-20-13-18-15(5)21(8-3)19-10-9-16(12-17(18)19)22-14(4)7-2/h9-10,12,14,20H,6-8,11,13H2,1-5H3/t14-/m1/s1. The fourth-order valence-electron chi connectivity index (χ4n) is 2.94. The minimum Gasteiger partial charge on any atom is -0.491 e. The molecule has 0 amide bonds. The number of fused-ring (bicyclic) bond motifs is 1. The summed E-state index contributed by atoms with van der Waals surface area (Å²) in [6.45, 7) is 13.9. The molecule has 0 saturated carbocycles. The van der Waals surface area contributed by atoms with Crippen molar-refractivity contribution in [3.05, 3.63) is 29.5 Å². The average molecular weight is 302 g/mol. The Balaban J connectivity index is 2.41. The predicted octanol–water partition coefficient (Wildman–Crippen LogP) is 4.65. The molecule has 0 fully saturated rings. The van der Waals surface area contributed by atoms with Gasteiger partial charge in [-0.25, -0.2) is 0 Å². The number of aromatic nitrogens is 1. The summed E-state index contributed by atoms with van der Waals surface area (Å²) in [7, 11) is 0. The van der Waals surface area contributed by atoms with Gasteiger partial charge in [0.1, 0.15) is 5.75 Å². The molecule has 1 N–H and O–H groups in total. The molecule has 0 aliphatic heterocycles. The summed E-state index contributed by atoms with van der Waals surface area (Å²) in [6, 6.07) is 6.51. The number of ether oxygens (including phenoxy) is 1. The van der Waals surface area contributed by atoms with Gasteiger partial charge in [0.2, 0.25) is 0 Å². The molecule has 0 radical (unpaired) electrons. The van der Waals surface area contributed by atoms with E-state index in [-0.39, 0.29) is 6.10 Å². The summed E-state index contributed by atoms with van der Waals surface area (Å²) < 4.78 is 8.40. The molecule has 1 heterocycles. The van der Waals surface area contributed by atoms with Gasteiger partial charge in [-0.05, 0) is 63.9 Å². The second kappa shape index (κ2) is 7.68. The number of nitrogens with zero attached hydrogens (tertiary/aromatic N) is 1. The minimum atomic E-state index is 0.258. The van der Waals surface area contributed by atoms with Crippen LogP contribution in [0.5, 0.6) is 5.75 Å². The highest BCUT2D eigenvalue weighted by Gasteiger charge is 2.14. The third-order valence-electron chi connectivity index (χ3n) is 4.38. The van der Waals surface area contributed by atoms with Gasteiger partial charge < -0.3 is 14.6 Å². The van der Waals surface area contributed by atoms with Crippen molar-refractivity contribution in [3.63, 3.8) is 0 Å². The Morgan fingerprint density at radius 1 is 1.23 bits per heavy atom. The summed E-state index contributed by atoms with van der Waals surface area (Å²) in [6.07, 6.45) is 2.44. The molecule has 0 bridgehead atoms. The predicted molar refractivity (Wildman–Crippen MR) is 94.7 cm³/mol. The maximum Gasteiger partial charge on any atom is 0.120 e. The van der Waals surface area contributed by atoms with Crippen LogP contribution < -0.4 is 10.1 Å². The average Bonchev–Trinajstić information content (AvgIpc) is 2.78. The molecular weight excluding hydrogens is 272 g/mol. The molecule has 0 aliphatic carbocycles. The highest BCUT2D eigenvalue weighted by Crippen LogP contribution is 2.30. The van der Waals surface area contributed by atoms with E-state index < -0.39 is 0 Å². The Morgan fingerprint density at radius 2 is 2.00 bits per heavy atom. The quantitative estimate of drug-likeness (QED) is 0.719. The summed E-state index contributed by atoms with van der Waals surface area (Å²) in [5, 5.41) is 4.86. The van der Waals surface area contributed by atoms with Gasteiger partial charge in [-0.2, -0.15) is 0 Å². The lowest BCUT2D eigenvalue weighted by atomic mass is 10.1. The first-order valence-corrected chi connectivity index (χ1v) is 8.61. The number of aryl methyl sites for hydroxylation is 1. The molecule has 1 aromatic heterocycles. The molecule has 22 heavy (non-hydrogen) atoms. The van der Waals surface area contributed by atoms with E-state index in [1.54, 1.807) is 0 Å². The van der Waals surface area contributed by atoms with E-state index in [1.807, 2.05) is 0 Å². The molecule has 2 rings (SSSR count). The first-order valence-electron chi connectivity index (χ1n) is 8.61. The molecule has 0 aliphatic rings. The van der Waals surface area contributed by atoms with Crippen molar-refractivity contribution in [2.75, 3.05) is 6.54 Å². The Hall–Kier alpha value is -1.48. The van der Waals surface area contributed by atoms with Crippen LogP contribution in [-0.2, 0) is 13.1 Å². The van der Waals surface area contributed by atoms with E-state index in [0.717, 1.165) is 38.2 Å². The number of hydrogen-bond donors (Lipinski definition) is 1. The summed E-state index contributed by atoms with van der Waals surface area (Å²) >= 11 is 0. The first kappa shape index (κ1) is 16.9. The van der Waals surface area contributed by atoms with Crippen molar-refractivity contribution >= 4 is 10.9 Å².